The fraction of sp³-hybridized carbons (Fsp3) is 0.200. The minimum absolute atomic E-state index is 0.174. The van der Waals surface area contributed by atoms with E-state index in [1.54, 1.807) is 34.1 Å². The third-order valence-corrected chi connectivity index (χ3v) is 4.23. The van der Waals surface area contributed by atoms with Crippen molar-refractivity contribution < 1.29 is 9.59 Å². The van der Waals surface area contributed by atoms with Crippen LogP contribution < -0.4 is 5.32 Å². The summed E-state index contributed by atoms with van der Waals surface area (Å²) in [7, 11) is 0. The molecule has 0 saturated heterocycles. The monoisotopic (exact) mass is 363 g/mol. The first-order valence-electron chi connectivity index (χ1n) is 8.79. The van der Waals surface area contributed by atoms with Crippen molar-refractivity contribution in [3.8, 4) is 5.69 Å². The largest absolute Gasteiger partial charge is 0.339 e. The van der Waals surface area contributed by atoms with Crippen molar-refractivity contribution in [3.05, 3.63) is 72.2 Å². The summed E-state index contributed by atoms with van der Waals surface area (Å²) in [4.78, 5) is 31.2. The molecule has 0 aliphatic rings. The highest BCUT2D eigenvalue weighted by Gasteiger charge is 2.23. The van der Waals surface area contributed by atoms with Crippen molar-refractivity contribution in [1.29, 1.82) is 0 Å². The molecule has 2 heterocycles. The Hall–Kier alpha value is -3.48. The van der Waals surface area contributed by atoms with Crippen LogP contribution in [0.5, 0.6) is 0 Å². The Kier molecular flexibility index (Phi) is 5.61. The van der Waals surface area contributed by atoms with Crippen LogP contribution in [0.25, 0.3) is 5.69 Å². The number of hydrogen-bond acceptors (Lipinski definition) is 4. The number of benzene rings is 1. The molecule has 0 spiro atoms. The van der Waals surface area contributed by atoms with Crippen molar-refractivity contribution in [2.24, 2.45) is 0 Å². The van der Waals surface area contributed by atoms with Crippen molar-refractivity contribution in [2.45, 2.75) is 13.8 Å². The van der Waals surface area contributed by atoms with Gasteiger partial charge in [0.2, 0.25) is 0 Å². The number of para-hydroxylation sites is 1. The van der Waals surface area contributed by atoms with Crippen LogP contribution in [0, 0.1) is 0 Å². The first-order chi connectivity index (χ1) is 13.2. The quantitative estimate of drug-likeness (QED) is 0.730. The van der Waals surface area contributed by atoms with Crippen molar-refractivity contribution in [1.82, 2.24) is 19.7 Å². The van der Waals surface area contributed by atoms with Gasteiger partial charge < -0.3 is 10.2 Å². The van der Waals surface area contributed by atoms with Gasteiger partial charge in [0, 0.05) is 31.0 Å². The minimum atomic E-state index is -0.330. The van der Waals surface area contributed by atoms with Crippen LogP contribution in [0.2, 0.25) is 0 Å². The van der Waals surface area contributed by atoms with Gasteiger partial charge in [0.1, 0.15) is 11.4 Å². The van der Waals surface area contributed by atoms with Gasteiger partial charge in [-0.25, -0.2) is 4.68 Å². The molecule has 27 heavy (non-hydrogen) atoms. The molecule has 7 heteroatoms. The molecular weight excluding hydrogens is 342 g/mol. The maximum absolute atomic E-state index is 12.9. The lowest BCUT2D eigenvalue weighted by Gasteiger charge is -2.19. The van der Waals surface area contributed by atoms with Crippen molar-refractivity contribution >= 4 is 17.6 Å². The Bertz CT molecular complexity index is 918. The highest BCUT2D eigenvalue weighted by atomic mass is 16.2. The van der Waals surface area contributed by atoms with E-state index in [2.05, 4.69) is 15.4 Å². The lowest BCUT2D eigenvalue weighted by atomic mass is 10.2. The Balaban J connectivity index is 2.03. The predicted molar refractivity (Wildman–Crippen MR) is 103 cm³/mol. The first kappa shape index (κ1) is 18.3. The summed E-state index contributed by atoms with van der Waals surface area (Å²) in [5.41, 5.74) is 1.55. The fourth-order valence-electron chi connectivity index (χ4n) is 2.75. The number of nitrogens with zero attached hydrogens (tertiary/aromatic N) is 4. The van der Waals surface area contributed by atoms with E-state index in [0.717, 1.165) is 5.69 Å². The molecule has 0 atom stereocenters. The molecule has 7 nitrogen and oxygen atoms in total. The molecule has 0 radical (unpaired) electrons. The zero-order chi connectivity index (χ0) is 19.2. The van der Waals surface area contributed by atoms with E-state index >= 15 is 0 Å². The summed E-state index contributed by atoms with van der Waals surface area (Å²) in [5.74, 6) is -0.157. The zero-order valence-electron chi connectivity index (χ0n) is 15.3. The van der Waals surface area contributed by atoms with Crippen LogP contribution in [-0.2, 0) is 0 Å². The van der Waals surface area contributed by atoms with Crippen molar-refractivity contribution in [2.75, 3.05) is 18.4 Å². The molecule has 1 N–H and O–H groups in total. The Morgan fingerprint density at radius 2 is 1.70 bits per heavy atom. The average Bonchev–Trinajstić information content (AvgIpc) is 3.13. The molecule has 3 rings (SSSR count). The SMILES string of the molecule is CCN(CC)C(=O)c1cnn(-c2ccccc2)c1NC(=O)c1ccncc1. The fourth-order valence-corrected chi connectivity index (χ4v) is 2.75. The van der Waals surface area contributed by atoms with Crippen LogP contribution in [0.4, 0.5) is 5.82 Å². The molecule has 2 aromatic heterocycles. The number of hydrogen-bond donors (Lipinski definition) is 1. The van der Waals surface area contributed by atoms with Gasteiger partial charge in [-0.15, -0.1) is 0 Å². The lowest BCUT2D eigenvalue weighted by Crippen LogP contribution is -2.31. The van der Waals surface area contributed by atoms with Crippen LogP contribution in [-0.4, -0.2) is 44.6 Å². The van der Waals surface area contributed by atoms with Gasteiger partial charge in [-0.3, -0.25) is 14.6 Å². The molecule has 0 bridgehead atoms. The van der Waals surface area contributed by atoms with Crippen LogP contribution in [0.1, 0.15) is 34.6 Å². The van der Waals surface area contributed by atoms with E-state index in [9.17, 15) is 9.59 Å². The number of rotatable bonds is 6. The summed E-state index contributed by atoms with van der Waals surface area (Å²) in [6.07, 6.45) is 4.59. The normalized spacial score (nSPS) is 10.4. The Morgan fingerprint density at radius 1 is 1.04 bits per heavy atom. The molecule has 2 amide bonds. The highest BCUT2D eigenvalue weighted by molar-refractivity contribution is 6.08. The zero-order valence-corrected chi connectivity index (χ0v) is 15.3. The maximum Gasteiger partial charge on any atom is 0.259 e. The number of aromatic nitrogens is 3. The number of carbonyl (C=O) groups is 2. The van der Waals surface area contributed by atoms with E-state index in [1.807, 2.05) is 44.2 Å². The molecule has 0 aliphatic carbocycles. The van der Waals surface area contributed by atoms with Gasteiger partial charge in [-0.05, 0) is 38.1 Å². The number of nitrogens with one attached hydrogen (secondary N) is 1. The van der Waals surface area contributed by atoms with E-state index in [-0.39, 0.29) is 11.8 Å². The molecule has 3 aromatic rings. The van der Waals surface area contributed by atoms with Crippen LogP contribution >= 0.6 is 0 Å². The average molecular weight is 363 g/mol. The molecular formula is C20H21N5O2. The van der Waals surface area contributed by atoms with E-state index < -0.39 is 0 Å². The van der Waals surface area contributed by atoms with Gasteiger partial charge in [-0.1, -0.05) is 18.2 Å². The standard InChI is InChI=1S/C20H21N5O2/c1-3-24(4-2)20(27)17-14-22-25(16-8-6-5-7-9-16)18(17)23-19(26)15-10-12-21-13-11-15/h5-14H,3-4H2,1-2H3,(H,23,26). The summed E-state index contributed by atoms with van der Waals surface area (Å²) in [6.45, 7) is 4.98. The Morgan fingerprint density at radius 3 is 2.33 bits per heavy atom. The third kappa shape index (κ3) is 3.87. The number of amides is 2. The van der Waals surface area contributed by atoms with Crippen LogP contribution in [0.15, 0.2) is 61.1 Å². The number of pyridine rings is 1. The Labute approximate surface area is 157 Å². The highest BCUT2D eigenvalue weighted by Crippen LogP contribution is 2.22. The topological polar surface area (TPSA) is 80.1 Å². The predicted octanol–water partition coefficient (Wildman–Crippen LogP) is 3.00. The number of carbonyl (C=O) groups excluding carboxylic acids is 2. The van der Waals surface area contributed by atoms with Crippen LogP contribution in [0.3, 0.4) is 0 Å². The van der Waals surface area contributed by atoms with E-state index in [1.165, 1.54) is 6.20 Å². The second-order valence-electron chi connectivity index (χ2n) is 5.82. The molecule has 0 aliphatic heterocycles. The van der Waals surface area contributed by atoms with Crippen molar-refractivity contribution in [3.63, 3.8) is 0 Å². The van der Waals surface area contributed by atoms with E-state index in [4.69, 9.17) is 0 Å². The van der Waals surface area contributed by atoms with Gasteiger partial charge >= 0.3 is 0 Å². The van der Waals surface area contributed by atoms with E-state index in [0.29, 0.717) is 30.0 Å². The van der Waals surface area contributed by atoms with Gasteiger partial charge in [0.25, 0.3) is 11.8 Å². The second kappa shape index (κ2) is 8.27. The maximum atomic E-state index is 12.9. The summed E-state index contributed by atoms with van der Waals surface area (Å²) < 4.78 is 1.57. The molecule has 0 saturated carbocycles. The van der Waals surface area contributed by atoms with Gasteiger partial charge in [0.15, 0.2) is 0 Å². The molecule has 0 unspecified atom stereocenters. The van der Waals surface area contributed by atoms with Gasteiger partial charge in [-0.2, -0.15) is 5.10 Å². The number of anilines is 1. The third-order valence-electron chi connectivity index (χ3n) is 4.23. The first-order valence-corrected chi connectivity index (χ1v) is 8.79. The summed E-state index contributed by atoms with van der Waals surface area (Å²) >= 11 is 0. The second-order valence-corrected chi connectivity index (χ2v) is 5.82. The lowest BCUT2D eigenvalue weighted by molar-refractivity contribution is 0.0774. The smallest absolute Gasteiger partial charge is 0.259 e. The summed E-state index contributed by atoms with van der Waals surface area (Å²) in [5, 5.41) is 7.19. The summed E-state index contributed by atoms with van der Waals surface area (Å²) in [6, 6.07) is 12.6. The van der Waals surface area contributed by atoms with Gasteiger partial charge in [0.05, 0.1) is 11.9 Å². The minimum Gasteiger partial charge on any atom is -0.339 e. The molecule has 138 valence electrons. The molecule has 1 aromatic carbocycles. The molecule has 0 fully saturated rings.